The maximum Gasteiger partial charge on any atom is 0.123 e. The smallest absolute Gasteiger partial charge is 0.123 e. The van der Waals surface area contributed by atoms with Gasteiger partial charge in [0.15, 0.2) is 0 Å². The number of hydrogen-bond donors (Lipinski definition) is 0. The number of aromatic nitrogens is 3. The second-order valence-corrected chi connectivity index (χ2v) is 13.3. The van der Waals surface area contributed by atoms with Crippen molar-refractivity contribution in [2.75, 3.05) is 0 Å². The van der Waals surface area contributed by atoms with Gasteiger partial charge in [0.05, 0.1) is 45.1 Å². The second-order valence-electron chi connectivity index (χ2n) is 13.3. The van der Waals surface area contributed by atoms with Gasteiger partial charge in [0.1, 0.15) is 5.82 Å². The Morgan fingerprint density at radius 1 is 0.434 bits per heavy atom. The van der Waals surface area contributed by atoms with Gasteiger partial charge in [-0.2, -0.15) is 5.26 Å². The van der Waals surface area contributed by atoms with Gasteiger partial charge in [-0.3, -0.25) is 0 Å². The van der Waals surface area contributed by atoms with Crippen LogP contribution in [0.15, 0.2) is 176 Å². The average molecular weight is 681 g/mol. The van der Waals surface area contributed by atoms with Gasteiger partial charge in [0, 0.05) is 44.0 Å². The Kier molecular flexibility index (Phi) is 7.02. The zero-order chi connectivity index (χ0) is 35.5. The molecule has 0 saturated heterocycles. The maximum absolute atomic E-state index is 14.5. The van der Waals surface area contributed by atoms with Crippen LogP contribution in [0.5, 0.6) is 0 Å². The second kappa shape index (κ2) is 12.2. The minimum Gasteiger partial charge on any atom is -0.307 e. The molecule has 10 aromatic rings. The Balaban J connectivity index is 1.25. The standard InChI is InChI=1S/C48H29FN4/c49-36-12-8-10-33(26-36)35-28-43(32-22-20-31(30-50)21-23-32)51-44(29-35)34-11-9-15-38(27-34)53-46-19-7-5-17-40(46)42-25-24-41-39-16-4-6-18-45(39)52(47(41)48(42)53)37-13-2-1-3-14-37/h1-29H. The lowest BCUT2D eigenvalue weighted by Crippen LogP contribution is -1.99. The zero-order valence-electron chi connectivity index (χ0n) is 28.4. The number of benzene rings is 7. The number of fused-ring (bicyclic) bond motifs is 7. The van der Waals surface area contributed by atoms with E-state index in [1.165, 1.54) is 27.6 Å². The summed E-state index contributed by atoms with van der Waals surface area (Å²) in [7, 11) is 0. The normalized spacial score (nSPS) is 11.5. The fraction of sp³-hybridized carbons (Fsp3) is 0. The third-order valence-corrected chi connectivity index (χ3v) is 10.2. The molecule has 248 valence electrons. The minimum absolute atomic E-state index is 0.298. The molecule has 0 N–H and O–H groups in total. The molecule has 0 aliphatic rings. The molecule has 4 nitrogen and oxygen atoms in total. The predicted molar refractivity (Wildman–Crippen MR) is 214 cm³/mol. The molecule has 0 aliphatic carbocycles. The molecular formula is C48H29FN4. The molecular weight excluding hydrogens is 652 g/mol. The number of hydrogen-bond acceptors (Lipinski definition) is 2. The van der Waals surface area contributed by atoms with E-state index in [9.17, 15) is 9.65 Å². The third-order valence-electron chi connectivity index (χ3n) is 10.2. The van der Waals surface area contributed by atoms with Crippen LogP contribution in [0, 0.1) is 17.1 Å². The highest BCUT2D eigenvalue weighted by Gasteiger charge is 2.21. The molecule has 0 aliphatic heterocycles. The molecule has 0 atom stereocenters. The number of nitrogens with zero attached hydrogens (tertiary/aromatic N) is 4. The van der Waals surface area contributed by atoms with Gasteiger partial charge in [-0.15, -0.1) is 0 Å². The highest BCUT2D eigenvalue weighted by atomic mass is 19.1. The SMILES string of the molecule is N#Cc1ccc(-c2cc(-c3cccc(F)c3)cc(-c3cccc(-n4c5ccccc5c5ccc6c7ccccc7n(-c7ccccc7)c6c54)c3)n2)cc1. The molecule has 3 heterocycles. The summed E-state index contributed by atoms with van der Waals surface area (Å²) in [5, 5.41) is 14.1. The first-order valence-corrected chi connectivity index (χ1v) is 17.5. The van der Waals surface area contributed by atoms with Crippen molar-refractivity contribution in [3.63, 3.8) is 0 Å². The lowest BCUT2D eigenvalue weighted by atomic mass is 9.99. The van der Waals surface area contributed by atoms with E-state index in [4.69, 9.17) is 4.98 Å². The van der Waals surface area contributed by atoms with Crippen LogP contribution in [0.2, 0.25) is 0 Å². The summed E-state index contributed by atoms with van der Waals surface area (Å²) in [4.78, 5) is 5.17. The van der Waals surface area contributed by atoms with Crippen LogP contribution in [-0.4, -0.2) is 14.1 Å². The van der Waals surface area contributed by atoms with Crippen molar-refractivity contribution >= 4 is 43.6 Å². The Hall–Kier alpha value is -7.29. The van der Waals surface area contributed by atoms with Crippen LogP contribution in [-0.2, 0) is 0 Å². The van der Waals surface area contributed by atoms with E-state index in [1.54, 1.807) is 24.3 Å². The van der Waals surface area contributed by atoms with Crippen molar-refractivity contribution < 1.29 is 4.39 Å². The number of para-hydroxylation sites is 3. The van der Waals surface area contributed by atoms with Crippen molar-refractivity contribution in [3.8, 4) is 51.1 Å². The molecule has 0 fully saturated rings. The van der Waals surface area contributed by atoms with Gasteiger partial charge in [-0.1, -0.05) is 103 Å². The molecule has 0 spiro atoms. The predicted octanol–water partition coefficient (Wildman–Crippen LogP) is 12.3. The van der Waals surface area contributed by atoms with Gasteiger partial charge in [0.2, 0.25) is 0 Å². The van der Waals surface area contributed by atoms with Crippen LogP contribution in [0.4, 0.5) is 4.39 Å². The minimum atomic E-state index is -0.298. The first-order valence-electron chi connectivity index (χ1n) is 17.5. The lowest BCUT2D eigenvalue weighted by Gasteiger charge is -2.14. The highest BCUT2D eigenvalue weighted by Crippen LogP contribution is 2.42. The first kappa shape index (κ1) is 30.5. The van der Waals surface area contributed by atoms with Gasteiger partial charge < -0.3 is 9.13 Å². The molecule has 0 amide bonds. The molecule has 7 aromatic carbocycles. The quantitative estimate of drug-likeness (QED) is 0.182. The number of rotatable bonds is 5. The Morgan fingerprint density at radius 3 is 1.66 bits per heavy atom. The van der Waals surface area contributed by atoms with E-state index < -0.39 is 0 Å². The zero-order valence-corrected chi connectivity index (χ0v) is 28.4. The van der Waals surface area contributed by atoms with Crippen molar-refractivity contribution in [2.45, 2.75) is 0 Å². The molecule has 0 radical (unpaired) electrons. The lowest BCUT2D eigenvalue weighted by molar-refractivity contribution is 0.628. The van der Waals surface area contributed by atoms with Crippen molar-refractivity contribution in [3.05, 3.63) is 187 Å². The topological polar surface area (TPSA) is 46.5 Å². The Labute approximate surface area is 304 Å². The van der Waals surface area contributed by atoms with Crippen LogP contribution >= 0.6 is 0 Å². The van der Waals surface area contributed by atoms with Gasteiger partial charge in [-0.25, -0.2) is 9.37 Å². The Bertz CT molecular complexity index is 3070. The van der Waals surface area contributed by atoms with E-state index in [2.05, 4.69) is 130 Å². The van der Waals surface area contributed by atoms with Crippen LogP contribution < -0.4 is 0 Å². The first-order chi connectivity index (χ1) is 26.1. The third kappa shape index (κ3) is 5.00. The molecule has 5 heteroatoms. The van der Waals surface area contributed by atoms with Crippen LogP contribution in [0.1, 0.15) is 5.56 Å². The summed E-state index contributed by atoms with van der Waals surface area (Å²) < 4.78 is 19.3. The van der Waals surface area contributed by atoms with E-state index in [1.807, 2.05) is 30.3 Å². The van der Waals surface area contributed by atoms with Gasteiger partial charge >= 0.3 is 0 Å². The number of pyridine rings is 1. The number of nitriles is 1. The largest absolute Gasteiger partial charge is 0.307 e. The van der Waals surface area contributed by atoms with Crippen LogP contribution in [0.25, 0.3) is 88.6 Å². The summed E-state index contributed by atoms with van der Waals surface area (Å²) in [6.07, 6.45) is 0. The van der Waals surface area contributed by atoms with Gasteiger partial charge in [0.25, 0.3) is 0 Å². The maximum atomic E-state index is 14.5. The summed E-state index contributed by atoms with van der Waals surface area (Å²) in [6.45, 7) is 0. The van der Waals surface area contributed by atoms with Crippen molar-refractivity contribution in [1.29, 1.82) is 5.26 Å². The molecule has 3 aromatic heterocycles. The summed E-state index contributed by atoms with van der Waals surface area (Å²) in [5.41, 5.74) is 12.1. The van der Waals surface area contributed by atoms with Crippen molar-refractivity contribution in [2.24, 2.45) is 0 Å². The summed E-state index contributed by atoms with van der Waals surface area (Å²) >= 11 is 0. The van der Waals surface area contributed by atoms with E-state index in [0.717, 1.165) is 67.1 Å². The van der Waals surface area contributed by atoms with E-state index >= 15 is 0 Å². The van der Waals surface area contributed by atoms with E-state index in [0.29, 0.717) is 5.56 Å². The van der Waals surface area contributed by atoms with Crippen LogP contribution in [0.3, 0.4) is 0 Å². The monoisotopic (exact) mass is 680 g/mol. The Morgan fingerprint density at radius 2 is 1.00 bits per heavy atom. The molecule has 0 saturated carbocycles. The fourth-order valence-corrected chi connectivity index (χ4v) is 7.80. The van der Waals surface area contributed by atoms with Crippen molar-refractivity contribution in [1.82, 2.24) is 14.1 Å². The average Bonchev–Trinajstić information content (AvgIpc) is 3.74. The van der Waals surface area contributed by atoms with Gasteiger partial charge in [-0.05, 0) is 83.9 Å². The summed E-state index contributed by atoms with van der Waals surface area (Å²) in [6, 6.07) is 61.1. The highest BCUT2D eigenvalue weighted by molar-refractivity contribution is 6.23. The molecule has 10 rings (SSSR count). The molecule has 0 bridgehead atoms. The molecule has 0 unspecified atom stereocenters. The fourth-order valence-electron chi connectivity index (χ4n) is 7.80. The van der Waals surface area contributed by atoms with E-state index in [-0.39, 0.29) is 5.82 Å². The molecule has 53 heavy (non-hydrogen) atoms. The summed E-state index contributed by atoms with van der Waals surface area (Å²) in [5.74, 6) is -0.298. The number of halogens is 1.